The van der Waals surface area contributed by atoms with Crippen LogP contribution in [-0.2, 0) is 6.42 Å². The van der Waals surface area contributed by atoms with Crippen LogP contribution in [0.25, 0.3) is 0 Å². The smallest absolute Gasteiger partial charge is 0.171 e. The zero-order valence-electron chi connectivity index (χ0n) is 13.4. The molecule has 2 heteroatoms. The summed E-state index contributed by atoms with van der Waals surface area (Å²) in [6.45, 7) is 8.08. The van der Waals surface area contributed by atoms with Crippen molar-refractivity contribution in [1.29, 1.82) is 0 Å². The number of methoxy groups -OCH3 is 1. The highest BCUT2D eigenvalue weighted by Crippen LogP contribution is 2.26. The summed E-state index contributed by atoms with van der Waals surface area (Å²) >= 11 is 0. The van der Waals surface area contributed by atoms with Gasteiger partial charge in [0.15, 0.2) is 5.78 Å². The molecule has 0 N–H and O–H groups in total. The van der Waals surface area contributed by atoms with E-state index in [0.717, 1.165) is 16.7 Å². The minimum absolute atomic E-state index is 0.106. The van der Waals surface area contributed by atoms with E-state index in [1.54, 1.807) is 7.11 Å². The molecule has 0 saturated heterocycles. The summed E-state index contributed by atoms with van der Waals surface area (Å²) in [5.74, 6) is 0.774. The molecule has 0 atom stereocenters. The highest BCUT2D eigenvalue weighted by molar-refractivity contribution is 6.01. The SMILES string of the molecule is COc1cc(C)cc(C)c1C(=O)Cc1cc(C)cc(C)c1. The average molecular weight is 282 g/mol. The van der Waals surface area contributed by atoms with Gasteiger partial charge in [0.05, 0.1) is 12.7 Å². The lowest BCUT2D eigenvalue weighted by atomic mass is 9.95. The van der Waals surface area contributed by atoms with Crippen molar-refractivity contribution in [3.05, 3.63) is 63.7 Å². The molecule has 0 saturated carbocycles. The summed E-state index contributed by atoms with van der Waals surface area (Å²) < 4.78 is 5.39. The van der Waals surface area contributed by atoms with Gasteiger partial charge in [-0.25, -0.2) is 0 Å². The highest BCUT2D eigenvalue weighted by atomic mass is 16.5. The van der Waals surface area contributed by atoms with Crippen molar-refractivity contribution in [2.24, 2.45) is 0 Å². The van der Waals surface area contributed by atoms with Gasteiger partial charge in [0, 0.05) is 6.42 Å². The van der Waals surface area contributed by atoms with Gasteiger partial charge >= 0.3 is 0 Å². The Morgan fingerprint density at radius 2 is 1.48 bits per heavy atom. The quantitative estimate of drug-likeness (QED) is 0.779. The van der Waals surface area contributed by atoms with Gasteiger partial charge in [-0.3, -0.25) is 4.79 Å². The molecule has 21 heavy (non-hydrogen) atoms. The third kappa shape index (κ3) is 3.52. The van der Waals surface area contributed by atoms with Gasteiger partial charge in [-0.1, -0.05) is 35.4 Å². The molecular formula is C19H22O2. The van der Waals surface area contributed by atoms with E-state index in [1.807, 2.05) is 26.0 Å². The maximum absolute atomic E-state index is 12.7. The summed E-state index contributed by atoms with van der Waals surface area (Å²) in [5, 5.41) is 0. The van der Waals surface area contributed by atoms with Crippen LogP contribution in [0.5, 0.6) is 5.75 Å². The Morgan fingerprint density at radius 1 is 0.905 bits per heavy atom. The van der Waals surface area contributed by atoms with Gasteiger partial charge in [0.1, 0.15) is 5.75 Å². The second kappa shape index (κ2) is 6.13. The van der Waals surface area contributed by atoms with Crippen molar-refractivity contribution < 1.29 is 9.53 Å². The van der Waals surface area contributed by atoms with Gasteiger partial charge in [0.25, 0.3) is 0 Å². The molecule has 0 amide bonds. The van der Waals surface area contributed by atoms with E-state index < -0.39 is 0 Å². The zero-order valence-corrected chi connectivity index (χ0v) is 13.4. The van der Waals surface area contributed by atoms with E-state index in [2.05, 4.69) is 32.0 Å². The lowest BCUT2D eigenvalue weighted by Gasteiger charge is -2.12. The Balaban J connectivity index is 2.36. The first-order valence-corrected chi connectivity index (χ1v) is 7.16. The van der Waals surface area contributed by atoms with Gasteiger partial charge < -0.3 is 4.74 Å². The van der Waals surface area contributed by atoms with E-state index in [9.17, 15) is 4.79 Å². The lowest BCUT2D eigenvalue weighted by molar-refractivity contribution is 0.0989. The number of Topliss-reactive ketones (excluding diaryl/α,β-unsaturated/α-hetero) is 1. The topological polar surface area (TPSA) is 26.3 Å². The van der Waals surface area contributed by atoms with Crippen LogP contribution in [0.15, 0.2) is 30.3 Å². The number of carbonyl (C=O) groups is 1. The van der Waals surface area contributed by atoms with Crippen LogP contribution >= 0.6 is 0 Å². The minimum Gasteiger partial charge on any atom is -0.496 e. The highest BCUT2D eigenvalue weighted by Gasteiger charge is 2.16. The van der Waals surface area contributed by atoms with Crippen molar-refractivity contribution in [1.82, 2.24) is 0 Å². The molecule has 0 aliphatic carbocycles. The first kappa shape index (κ1) is 15.3. The van der Waals surface area contributed by atoms with Crippen LogP contribution in [0.2, 0.25) is 0 Å². The Morgan fingerprint density at radius 3 is 2.05 bits per heavy atom. The van der Waals surface area contributed by atoms with E-state index in [-0.39, 0.29) is 5.78 Å². The Labute approximate surface area is 126 Å². The second-order valence-electron chi connectivity index (χ2n) is 5.75. The molecule has 0 aromatic heterocycles. The normalized spacial score (nSPS) is 10.5. The molecule has 0 aliphatic heterocycles. The number of benzene rings is 2. The molecule has 0 radical (unpaired) electrons. The van der Waals surface area contributed by atoms with Crippen molar-refractivity contribution in [2.75, 3.05) is 7.11 Å². The summed E-state index contributed by atoms with van der Waals surface area (Å²) in [6, 6.07) is 10.2. The summed E-state index contributed by atoms with van der Waals surface area (Å²) in [7, 11) is 1.61. The summed E-state index contributed by atoms with van der Waals surface area (Å²) in [6.07, 6.45) is 0.406. The molecular weight excluding hydrogens is 260 g/mol. The Kier molecular flexibility index (Phi) is 4.46. The van der Waals surface area contributed by atoms with Gasteiger partial charge in [0.2, 0.25) is 0 Å². The van der Waals surface area contributed by atoms with Crippen LogP contribution in [0, 0.1) is 27.7 Å². The fraction of sp³-hybridized carbons (Fsp3) is 0.316. The number of ketones is 1. The zero-order chi connectivity index (χ0) is 15.6. The van der Waals surface area contributed by atoms with Crippen molar-refractivity contribution in [3.8, 4) is 5.75 Å². The fourth-order valence-corrected chi connectivity index (χ4v) is 2.89. The molecule has 0 bridgehead atoms. The van der Waals surface area contributed by atoms with Crippen molar-refractivity contribution >= 4 is 5.78 Å². The Bertz CT molecular complexity index is 664. The molecule has 110 valence electrons. The molecule has 0 heterocycles. The van der Waals surface area contributed by atoms with Gasteiger partial charge in [-0.2, -0.15) is 0 Å². The standard InChI is InChI=1S/C19H22O2/c1-12-6-13(2)9-16(8-12)11-17(20)19-15(4)7-14(3)10-18(19)21-5/h6-10H,11H2,1-5H3. The van der Waals surface area contributed by atoms with Crippen molar-refractivity contribution in [3.63, 3.8) is 0 Å². The summed E-state index contributed by atoms with van der Waals surface area (Å²) in [5.41, 5.74) is 6.20. The molecule has 2 rings (SSSR count). The predicted octanol–water partition coefficient (Wildman–Crippen LogP) is 4.35. The monoisotopic (exact) mass is 282 g/mol. The molecule has 0 aliphatic rings. The number of carbonyl (C=O) groups excluding carboxylic acids is 1. The minimum atomic E-state index is 0.106. The van der Waals surface area contributed by atoms with Crippen LogP contribution in [-0.4, -0.2) is 12.9 Å². The predicted molar refractivity (Wildman–Crippen MR) is 86.4 cm³/mol. The van der Waals surface area contributed by atoms with Crippen LogP contribution in [0.3, 0.4) is 0 Å². The van der Waals surface area contributed by atoms with Gasteiger partial charge in [-0.05, 0) is 50.5 Å². The third-order valence-electron chi connectivity index (χ3n) is 3.59. The third-order valence-corrected chi connectivity index (χ3v) is 3.59. The molecule has 2 nitrogen and oxygen atoms in total. The van der Waals surface area contributed by atoms with E-state index in [4.69, 9.17) is 4.74 Å². The maximum Gasteiger partial charge on any atom is 0.171 e. The van der Waals surface area contributed by atoms with Gasteiger partial charge in [-0.15, -0.1) is 0 Å². The van der Waals surface area contributed by atoms with Crippen molar-refractivity contribution in [2.45, 2.75) is 34.1 Å². The van der Waals surface area contributed by atoms with E-state index >= 15 is 0 Å². The molecule has 2 aromatic rings. The second-order valence-corrected chi connectivity index (χ2v) is 5.75. The van der Waals surface area contributed by atoms with Crippen LogP contribution < -0.4 is 4.74 Å². The first-order chi connectivity index (χ1) is 9.90. The number of hydrogen-bond donors (Lipinski definition) is 0. The maximum atomic E-state index is 12.7. The molecule has 0 fully saturated rings. The fourth-order valence-electron chi connectivity index (χ4n) is 2.89. The van der Waals surface area contributed by atoms with Crippen LogP contribution in [0.1, 0.15) is 38.2 Å². The average Bonchev–Trinajstić information content (AvgIpc) is 2.35. The molecule has 0 spiro atoms. The number of ether oxygens (including phenoxy) is 1. The summed E-state index contributed by atoms with van der Waals surface area (Å²) in [4.78, 5) is 12.7. The number of aryl methyl sites for hydroxylation is 4. The van der Waals surface area contributed by atoms with Crippen LogP contribution in [0.4, 0.5) is 0 Å². The lowest BCUT2D eigenvalue weighted by Crippen LogP contribution is -2.09. The largest absolute Gasteiger partial charge is 0.496 e. The van der Waals surface area contributed by atoms with E-state index in [1.165, 1.54) is 11.1 Å². The number of rotatable bonds is 4. The van der Waals surface area contributed by atoms with E-state index in [0.29, 0.717) is 17.7 Å². The molecule has 0 unspecified atom stereocenters. The number of hydrogen-bond acceptors (Lipinski definition) is 2. The molecule has 2 aromatic carbocycles. The Hall–Kier alpha value is -2.09. The first-order valence-electron chi connectivity index (χ1n) is 7.16.